The van der Waals surface area contributed by atoms with Crippen molar-refractivity contribution in [2.45, 2.75) is 0 Å². The molecule has 0 aliphatic rings. The van der Waals surface area contributed by atoms with Gasteiger partial charge in [-0.05, 0) is 18.2 Å². The average molecular weight is 239 g/mol. The van der Waals surface area contributed by atoms with Gasteiger partial charge in [0.2, 0.25) is 0 Å². The van der Waals surface area contributed by atoms with E-state index in [2.05, 4.69) is 20.8 Å². The van der Waals surface area contributed by atoms with Gasteiger partial charge in [-0.15, -0.1) is 11.6 Å². The van der Waals surface area contributed by atoms with Crippen molar-refractivity contribution in [3.63, 3.8) is 0 Å². The molecule has 0 unspecified atom stereocenters. The van der Waals surface area contributed by atoms with Crippen LogP contribution < -0.4 is 10.6 Å². The fraction of sp³-hybridized carbons (Fsp3) is 0.200. The SMILES string of the molecule is O=C(NCCCl)Nc1ccc2[nH]ncc2c1. The zero-order chi connectivity index (χ0) is 11.4. The monoisotopic (exact) mass is 238 g/mol. The van der Waals surface area contributed by atoms with Gasteiger partial charge < -0.3 is 10.6 Å². The number of nitrogens with zero attached hydrogens (tertiary/aromatic N) is 1. The van der Waals surface area contributed by atoms with Gasteiger partial charge in [0.05, 0.1) is 11.7 Å². The second-order valence-corrected chi connectivity index (χ2v) is 3.62. The zero-order valence-corrected chi connectivity index (χ0v) is 9.21. The number of anilines is 1. The highest BCUT2D eigenvalue weighted by molar-refractivity contribution is 6.18. The van der Waals surface area contributed by atoms with E-state index in [0.717, 1.165) is 16.6 Å². The first kappa shape index (κ1) is 10.8. The molecule has 2 amide bonds. The van der Waals surface area contributed by atoms with E-state index in [1.165, 1.54) is 0 Å². The third-order valence-electron chi connectivity index (χ3n) is 2.08. The summed E-state index contributed by atoms with van der Waals surface area (Å²) in [7, 11) is 0. The molecular formula is C10H11ClN4O. The first-order valence-electron chi connectivity index (χ1n) is 4.83. The topological polar surface area (TPSA) is 69.8 Å². The second-order valence-electron chi connectivity index (χ2n) is 3.24. The molecule has 1 heterocycles. The Bertz CT molecular complexity index is 496. The van der Waals surface area contributed by atoms with Gasteiger partial charge in [0.15, 0.2) is 0 Å². The summed E-state index contributed by atoms with van der Waals surface area (Å²) in [5.41, 5.74) is 1.66. The lowest BCUT2D eigenvalue weighted by molar-refractivity contribution is 0.252. The van der Waals surface area contributed by atoms with E-state index < -0.39 is 0 Å². The molecule has 0 spiro atoms. The summed E-state index contributed by atoms with van der Waals surface area (Å²) >= 11 is 5.46. The average Bonchev–Trinajstić information content (AvgIpc) is 2.73. The van der Waals surface area contributed by atoms with E-state index >= 15 is 0 Å². The number of benzene rings is 1. The van der Waals surface area contributed by atoms with Crippen LogP contribution in [0.25, 0.3) is 10.9 Å². The molecule has 0 aliphatic carbocycles. The number of halogens is 1. The molecule has 0 fully saturated rings. The van der Waals surface area contributed by atoms with Crippen molar-refractivity contribution < 1.29 is 4.79 Å². The molecule has 0 bridgehead atoms. The Morgan fingerprint density at radius 3 is 3.19 bits per heavy atom. The molecule has 16 heavy (non-hydrogen) atoms. The first-order chi connectivity index (χ1) is 7.79. The van der Waals surface area contributed by atoms with Crippen LogP contribution in [0.1, 0.15) is 0 Å². The maximum absolute atomic E-state index is 11.3. The molecule has 2 aromatic rings. The molecule has 2 rings (SSSR count). The molecular weight excluding hydrogens is 228 g/mol. The van der Waals surface area contributed by atoms with E-state index in [4.69, 9.17) is 11.6 Å². The highest BCUT2D eigenvalue weighted by Crippen LogP contribution is 2.16. The van der Waals surface area contributed by atoms with E-state index in [1.54, 1.807) is 12.3 Å². The number of amides is 2. The van der Waals surface area contributed by atoms with Crippen LogP contribution in [0.15, 0.2) is 24.4 Å². The van der Waals surface area contributed by atoms with Crippen molar-refractivity contribution in [2.24, 2.45) is 0 Å². The van der Waals surface area contributed by atoms with Crippen LogP contribution in [-0.4, -0.2) is 28.7 Å². The Kier molecular flexibility index (Phi) is 3.26. The number of hydrogen-bond acceptors (Lipinski definition) is 2. The molecule has 1 aromatic heterocycles. The van der Waals surface area contributed by atoms with Crippen molar-refractivity contribution in [1.82, 2.24) is 15.5 Å². The van der Waals surface area contributed by atoms with Crippen LogP contribution in [0.2, 0.25) is 0 Å². The summed E-state index contributed by atoms with van der Waals surface area (Å²) < 4.78 is 0. The van der Waals surface area contributed by atoms with Crippen molar-refractivity contribution in [1.29, 1.82) is 0 Å². The molecule has 6 heteroatoms. The fourth-order valence-electron chi connectivity index (χ4n) is 1.36. The molecule has 0 saturated heterocycles. The molecule has 5 nitrogen and oxygen atoms in total. The van der Waals surface area contributed by atoms with E-state index in [1.807, 2.05) is 12.1 Å². The number of nitrogens with one attached hydrogen (secondary N) is 3. The minimum atomic E-state index is -0.261. The number of aromatic nitrogens is 2. The van der Waals surface area contributed by atoms with Gasteiger partial charge in [-0.25, -0.2) is 4.79 Å². The quantitative estimate of drug-likeness (QED) is 0.715. The van der Waals surface area contributed by atoms with Crippen LogP contribution in [-0.2, 0) is 0 Å². The van der Waals surface area contributed by atoms with E-state index in [0.29, 0.717) is 12.4 Å². The van der Waals surface area contributed by atoms with Gasteiger partial charge in [0.1, 0.15) is 0 Å². The lowest BCUT2D eigenvalue weighted by atomic mass is 10.2. The maximum Gasteiger partial charge on any atom is 0.319 e. The smallest absolute Gasteiger partial charge is 0.319 e. The molecule has 0 atom stereocenters. The fourth-order valence-corrected chi connectivity index (χ4v) is 1.45. The van der Waals surface area contributed by atoms with Gasteiger partial charge in [-0.3, -0.25) is 5.10 Å². The van der Waals surface area contributed by atoms with Gasteiger partial charge in [0.25, 0.3) is 0 Å². The van der Waals surface area contributed by atoms with Crippen molar-refractivity contribution in [2.75, 3.05) is 17.7 Å². The molecule has 3 N–H and O–H groups in total. The maximum atomic E-state index is 11.3. The lowest BCUT2D eigenvalue weighted by Crippen LogP contribution is -2.30. The summed E-state index contributed by atoms with van der Waals surface area (Å²) in [6.07, 6.45) is 1.71. The van der Waals surface area contributed by atoms with E-state index in [9.17, 15) is 4.79 Å². The number of H-pyrrole nitrogens is 1. The Hall–Kier alpha value is -1.75. The number of carbonyl (C=O) groups excluding carboxylic acids is 1. The molecule has 0 radical (unpaired) electrons. The summed E-state index contributed by atoms with van der Waals surface area (Å²) in [5, 5.41) is 13.0. The number of alkyl halides is 1. The van der Waals surface area contributed by atoms with Crippen LogP contribution in [0.4, 0.5) is 10.5 Å². The molecule has 84 valence electrons. The third-order valence-corrected chi connectivity index (χ3v) is 2.27. The molecule has 0 aliphatic heterocycles. The van der Waals surface area contributed by atoms with Crippen molar-refractivity contribution in [3.05, 3.63) is 24.4 Å². The molecule has 0 saturated carbocycles. The highest BCUT2D eigenvalue weighted by atomic mass is 35.5. The van der Waals surface area contributed by atoms with Crippen molar-refractivity contribution >= 4 is 34.2 Å². The number of aromatic amines is 1. The predicted molar refractivity (Wildman–Crippen MR) is 63.8 cm³/mol. The zero-order valence-electron chi connectivity index (χ0n) is 8.46. The van der Waals surface area contributed by atoms with E-state index in [-0.39, 0.29) is 6.03 Å². The number of carbonyl (C=O) groups is 1. The summed E-state index contributed by atoms with van der Waals surface area (Å²) in [6, 6.07) is 5.25. The predicted octanol–water partition coefficient (Wildman–Crippen LogP) is 1.92. The van der Waals surface area contributed by atoms with Gasteiger partial charge in [0, 0.05) is 23.5 Å². The second kappa shape index (κ2) is 4.85. The number of hydrogen-bond donors (Lipinski definition) is 3. The Morgan fingerprint density at radius 1 is 1.50 bits per heavy atom. The van der Waals surface area contributed by atoms with Gasteiger partial charge >= 0.3 is 6.03 Å². The van der Waals surface area contributed by atoms with Crippen LogP contribution in [0, 0.1) is 0 Å². The van der Waals surface area contributed by atoms with Crippen LogP contribution >= 0.6 is 11.6 Å². The van der Waals surface area contributed by atoms with Crippen molar-refractivity contribution in [3.8, 4) is 0 Å². The Morgan fingerprint density at radius 2 is 2.38 bits per heavy atom. The number of rotatable bonds is 3. The number of urea groups is 1. The van der Waals surface area contributed by atoms with Gasteiger partial charge in [-0.2, -0.15) is 5.10 Å². The van der Waals surface area contributed by atoms with Crippen LogP contribution in [0.3, 0.4) is 0 Å². The Labute approximate surface area is 97.2 Å². The Balaban J connectivity index is 2.06. The highest BCUT2D eigenvalue weighted by Gasteiger charge is 2.02. The third kappa shape index (κ3) is 2.43. The lowest BCUT2D eigenvalue weighted by Gasteiger charge is -2.05. The minimum Gasteiger partial charge on any atom is -0.337 e. The summed E-state index contributed by atoms with van der Waals surface area (Å²) in [5.74, 6) is 0.397. The molecule has 1 aromatic carbocycles. The summed E-state index contributed by atoms with van der Waals surface area (Å²) in [6.45, 7) is 0.446. The summed E-state index contributed by atoms with van der Waals surface area (Å²) in [4.78, 5) is 11.3. The van der Waals surface area contributed by atoms with Gasteiger partial charge in [-0.1, -0.05) is 0 Å². The van der Waals surface area contributed by atoms with Crippen LogP contribution in [0.5, 0.6) is 0 Å². The minimum absolute atomic E-state index is 0.261. The normalized spacial score (nSPS) is 10.3. The first-order valence-corrected chi connectivity index (χ1v) is 5.37. The largest absolute Gasteiger partial charge is 0.337 e. The number of fused-ring (bicyclic) bond motifs is 1. The standard InChI is InChI=1S/C10H11ClN4O/c11-3-4-12-10(16)14-8-1-2-9-7(5-8)6-13-15-9/h1-2,5-6H,3-4H2,(H,13,15)(H2,12,14,16).